The molecule has 1 fully saturated rings. The molecule has 0 bridgehead atoms. The zero-order valence-corrected chi connectivity index (χ0v) is 23.6. The number of morpholine rings is 1. The first-order chi connectivity index (χ1) is 18.8. The Kier molecular flexibility index (Phi) is 8.18. The van der Waals surface area contributed by atoms with Crippen LogP contribution in [0.15, 0.2) is 77.9 Å². The molecule has 0 radical (unpaired) electrons. The summed E-state index contributed by atoms with van der Waals surface area (Å²) in [5, 5.41) is 10.2. The SMILES string of the molecule is CC1CN(C(=O)C(=Cc2cn(-c3ccccc3)nc2-c2cccs2)NC(=O)c2ccc(Cl)cc2Cl)CC(C)O1. The molecule has 1 aliphatic heterocycles. The van der Waals surface area contributed by atoms with Crippen LogP contribution in [0.3, 0.4) is 0 Å². The summed E-state index contributed by atoms with van der Waals surface area (Å²) >= 11 is 13.9. The summed E-state index contributed by atoms with van der Waals surface area (Å²) in [6, 6.07) is 18.2. The summed E-state index contributed by atoms with van der Waals surface area (Å²) in [6.07, 6.45) is 3.26. The van der Waals surface area contributed by atoms with Crippen molar-refractivity contribution in [3.63, 3.8) is 0 Å². The molecule has 1 saturated heterocycles. The van der Waals surface area contributed by atoms with Gasteiger partial charge in [-0.2, -0.15) is 5.10 Å². The van der Waals surface area contributed by atoms with Crippen molar-refractivity contribution in [1.29, 1.82) is 0 Å². The van der Waals surface area contributed by atoms with Gasteiger partial charge in [-0.1, -0.05) is 47.5 Å². The highest BCUT2D eigenvalue weighted by Crippen LogP contribution is 2.30. The van der Waals surface area contributed by atoms with Gasteiger partial charge in [-0.15, -0.1) is 11.3 Å². The van der Waals surface area contributed by atoms with Gasteiger partial charge >= 0.3 is 0 Å². The quantitative estimate of drug-likeness (QED) is 0.271. The molecule has 7 nitrogen and oxygen atoms in total. The number of aromatic nitrogens is 2. The predicted octanol–water partition coefficient (Wildman–Crippen LogP) is 6.31. The summed E-state index contributed by atoms with van der Waals surface area (Å²) in [5.74, 6) is -0.834. The molecular weight excluding hydrogens is 555 g/mol. The molecule has 2 atom stereocenters. The van der Waals surface area contributed by atoms with Crippen LogP contribution in [0.2, 0.25) is 10.0 Å². The number of carbonyl (C=O) groups is 2. The molecule has 3 heterocycles. The fraction of sp³-hybridized carbons (Fsp3) is 0.207. The molecule has 1 N–H and O–H groups in total. The molecule has 2 unspecified atom stereocenters. The summed E-state index contributed by atoms with van der Waals surface area (Å²) in [7, 11) is 0. The van der Waals surface area contributed by atoms with Crippen molar-refractivity contribution in [3.05, 3.63) is 99.1 Å². The molecular formula is C29H26Cl2N4O3S. The average Bonchev–Trinajstić information content (AvgIpc) is 3.58. The fourth-order valence-corrected chi connectivity index (χ4v) is 5.72. The minimum Gasteiger partial charge on any atom is -0.372 e. The average molecular weight is 582 g/mol. The Bertz CT molecular complexity index is 1510. The van der Waals surface area contributed by atoms with Gasteiger partial charge in [0.25, 0.3) is 11.8 Å². The maximum atomic E-state index is 13.9. The zero-order chi connectivity index (χ0) is 27.5. The highest BCUT2D eigenvalue weighted by Gasteiger charge is 2.29. The number of halogens is 2. The van der Waals surface area contributed by atoms with Crippen molar-refractivity contribution in [2.75, 3.05) is 13.1 Å². The van der Waals surface area contributed by atoms with Crippen LogP contribution in [-0.4, -0.2) is 51.8 Å². The van der Waals surface area contributed by atoms with Gasteiger partial charge in [-0.3, -0.25) is 9.59 Å². The number of carbonyl (C=O) groups excluding carboxylic acids is 2. The maximum Gasteiger partial charge on any atom is 0.270 e. The van der Waals surface area contributed by atoms with Crippen molar-refractivity contribution in [1.82, 2.24) is 20.0 Å². The van der Waals surface area contributed by atoms with Crippen molar-refractivity contribution < 1.29 is 14.3 Å². The first kappa shape index (κ1) is 27.1. The molecule has 1 aliphatic rings. The molecule has 0 spiro atoms. The van der Waals surface area contributed by atoms with Crippen LogP contribution in [0, 0.1) is 0 Å². The van der Waals surface area contributed by atoms with Crippen LogP contribution >= 0.6 is 34.5 Å². The molecule has 0 aliphatic carbocycles. The minimum atomic E-state index is -0.515. The lowest BCUT2D eigenvalue weighted by Crippen LogP contribution is -2.50. The molecule has 200 valence electrons. The molecule has 2 aromatic heterocycles. The summed E-state index contributed by atoms with van der Waals surface area (Å²) < 4.78 is 7.58. The highest BCUT2D eigenvalue weighted by molar-refractivity contribution is 7.13. The van der Waals surface area contributed by atoms with E-state index in [2.05, 4.69) is 5.32 Å². The number of hydrogen-bond acceptors (Lipinski definition) is 5. The molecule has 0 saturated carbocycles. The van der Waals surface area contributed by atoms with Gasteiger partial charge in [0.1, 0.15) is 11.4 Å². The van der Waals surface area contributed by atoms with Crippen LogP contribution in [0.1, 0.15) is 29.8 Å². The number of para-hydroxylation sites is 1. The standard InChI is InChI=1S/C29H26Cl2N4O3S/c1-18-15-34(16-19(2)38-18)29(37)25(32-28(36)23-11-10-21(30)14-24(23)31)13-20-17-35(22-7-4-3-5-8-22)33-27(20)26-9-6-12-39-26/h3-14,17-19H,15-16H2,1-2H3,(H,32,36). The monoisotopic (exact) mass is 580 g/mol. The number of nitrogens with one attached hydrogen (secondary N) is 1. The number of rotatable bonds is 6. The third-order valence-electron chi connectivity index (χ3n) is 6.18. The van der Waals surface area contributed by atoms with E-state index in [0.29, 0.717) is 29.4 Å². The van der Waals surface area contributed by atoms with E-state index in [1.807, 2.05) is 67.9 Å². The zero-order valence-electron chi connectivity index (χ0n) is 21.3. The molecule has 5 rings (SSSR count). The normalized spacial score (nSPS) is 17.7. The summed E-state index contributed by atoms with van der Waals surface area (Å²) in [5.41, 5.74) is 2.57. The number of ether oxygens (including phenoxy) is 1. The van der Waals surface area contributed by atoms with Gasteiger partial charge in [-0.05, 0) is 61.7 Å². The predicted molar refractivity (Wildman–Crippen MR) is 155 cm³/mol. The molecule has 2 aromatic carbocycles. The Morgan fingerprint density at radius 2 is 1.79 bits per heavy atom. The third kappa shape index (κ3) is 6.25. The minimum absolute atomic E-state index is 0.109. The van der Waals surface area contributed by atoms with E-state index < -0.39 is 5.91 Å². The van der Waals surface area contributed by atoms with E-state index >= 15 is 0 Å². The Labute approximate surface area is 240 Å². The summed E-state index contributed by atoms with van der Waals surface area (Å²) in [6.45, 7) is 4.65. The maximum absolute atomic E-state index is 13.9. The van der Waals surface area contributed by atoms with E-state index in [1.54, 1.807) is 33.1 Å². The Morgan fingerprint density at radius 3 is 2.46 bits per heavy atom. The second-order valence-electron chi connectivity index (χ2n) is 9.29. The van der Waals surface area contributed by atoms with Crippen molar-refractivity contribution in [2.45, 2.75) is 26.1 Å². The number of hydrogen-bond donors (Lipinski definition) is 1. The van der Waals surface area contributed by atoms with Crippen molar-refractivity contribution >= 4 is 52.4 Å². The van der Waals surface area contributed by atoms with E-state index in [1.165, 1.54) is 12.1 Å². The van der Waals surface area contributed by atoms with Crippen LogP contribution in [-0.2, 0) is 9.53 Å². The molecule has 4 aromatic rings. The lowest BCUT2D eigenvalue weighted by atomic mass is 10.1. The van der Waals surface area contributed by atoms with Gasteiger partial charge in [-0.25, -0.2) is 4.68 Å². The second-order valence-corrected chi connectivity index (χ2v) is 11.1. The van der Waals surface area contributed by atoms with Crippen LogP contribution in [0.5, 0.6) is 0 Å². The van der Waals surface area contributed by atoms with Gasteiger partial charge < -0.3 is 15.0 Å². The van der Waals surface area contributed by atoms with Crippen LogP contribution in [0.25, 0.3) is 22.3 Å². The first-order valence-corrected chi connectivity index (χ1v) is 14.0. The smallest absolute Gasteiger partial charge is 0.270 e. The fourth-order valence-electron chi connectivity index (χ4n) is 4.49. The third-order valence-corrected chi connectivity index (χ3v) is 7.60. The second kappa shape index (κ2) is 11.8. The largest absolute Gasteiger partial charge is 0.372 e. The van der Waals surface area contributed by atoms with Crippen molar-refractivity contribution in [3.8, 4) is 16.3 Å². The number of thiophene rings is 1. The van der Waals surface area contributed by atoms with Gasteiger partial charge in [0.2, 0.25) is 0 Å². The van der Waals surface area contributed by atoms with Crippen LogP contribution < -0.4 is 5.32 Å². The van der Waals surface area contributed by atoms with Crippen LogP contribution in [0.4, 0.5) is 0 Å². The van der Waals surface area contributed by atoms with E-state index in [4.69, 9.17) is 33.0 Å². The van der Waals surface area contributed by atoms with E-state index in [0.717, 1.165) is 10.6 Å². The Morgan fingerprint density at radius 1 is 1.05 bits per heavy atom. The topological polar surface area (TPSA) is 76.5 Å². The summed E-state index contributed by atoms with van der Waals surface area (Å²) in [4.78, 5) is 29.9. The van der Waals surface area contributed by atoms with Crippen molar-refractivity contribution in [2.24, 2.45) is 0 Å². The lowest BCUT2D eigenvalue weighted by Gasteiger charge is -2.35. The van der Waals surface area contributed by atoms with Gasteiger partial charge in [0.15, 0.2) is 0 Å². The highest BCUT2D eigenvalue weighted by atomic mass is 35.5. The van der Waals surface area contributed by atoms with E-state index in [9.17, 15) is 9.59 Å². The molecule has 39 heavy (non-hydrogen) atoms. The van der Waals surface area contributed by atoms with Gasteiger partial charge in [0, 0.05) is 29.9 Å². The number of benzene rings is 2. The Hall–Kier alpha value is -3.43. The number of amides is 2. The molecule has 2 amide bonds. The van der Waals surface area contributed by atoms with Gasteiger partial charge in [0.05, 0.1) is 33.4 Å². The first-order valence-electron chi connectivity index (χ1n) is 12.4. The molecule has 10 heteroatoms. The van der Waals surface area contributed by atoms with E-state index in [-0.39, 0.29) is 34.4 Å². The lowest BCUT2D eigenvalue weighted by molar-refractivity contribution is -0.139. The number of nitrogens with zero attached hydrogens (tertiary/aromatic N) is 3. The Balaban J connectivity index is 1.58.